The minimum atomic E-state index is -4.61. The number of anilines is 2. The minimum Gasteiger partial charge on any atom is -0.490 e. The molecular weight excluding hydrogens is 525 g/mol. The van der Waals surface area contributed by atoms with Crippen LogP contribution in [0.1, 0.15) is 29.7 Å². The molecular formula is C28H33F3N6O3. The molecule has 0 saturated carbocycles. The number of ether oxygens (including phenoxy) is 2. The summed E-state index contributed by atoms with van der Waals surface area (Å²) in [5, 5.41) is 10.7. The number of rotatable bonds is 13. The number of amidine groups is 1. The summed E-state index contributed by atoms with van der Waals surface area (Å²) in [6.45, 7) is 3.26. The lowest BCUT2D eigenvalue weighted by Gasteiger charge is -2.23. The summed E-state index contributed by atoms with van der Waals surface area (Å²) < 4.78 is 52.0. The fourth-order valence-corrected chi connectivity index (χ4v) is 3.68. The van der Waals surface area contributed by atoms with Gasteiger partial charge in [-0.1, -0.05) is 18.2 Å². The van der Waals surface area contributed by atoms with Gasteiger partial charge in [0.15, 0.2) is 11.5 Å². The summed E-state index contributed by atoms with van der Waals surface area (Å²) in [4.78, 5) is 15.4. The lowest BCUT2D eigenvalue weighted by atomic mass is 10.0. The maximum absolute atomic E-state index is 13.4. The van der Waals surface area contributed by atoms with E-state index in [0.29, 0.717) is 48.1 Å². The fraction of sp³-hybridized carbons (Fsp3) is 0.286. The predicted molar refractivity (Wildman–Crippen MR) is 149 cm³/mol. The normalized spacial score (nSPS) is 12.0. The van der Waals surface area contributed by atoms with Crippen LogP contribution in [0.5, 0.6) is 11.5 Å². The molecule has 0 fully saturated rings. The molecule has 9 nitrogen and oxygen atoms in total. The van der Waals surface area contributed by atoms with Crippen molar-refractivity contribution in [3.05, 3.63) is 83.4 Å². The van der Waals surface area contributed by atoms with Crippen LogP contribution in [-0.4, -0.2) is 50.5 Å². The number of alkyl halides is 3. The number of benzene rings is 3. The monoisotopic (exact) mass is 558 g/mol. The van der Waals surface area contributed by atoms with E-state index in [0.717, 1.165) is 6.07 Å². The predicted octanol–water partition coefficient (Wildman–Crippen LogP) is 4.63. The number of halogens is 3. The van der Waals surface area contributed by atoms with Crippen LogP contribution in [0.3, 0.4) is 0 Å². The van der Waals surface area contributed by atoms with Crippen LogP contribution < -0.4 is 31.4 Å². The Balaban J connectivity index is 1.91. The van der Waals surface area contributed by atoms with Crippen LogP contribution in [-0.2, 0) is 11.0 Å². The molecule has 0 aliphatic carbocycles. The number of nitrogens with two attached hydrogens (primary N) is 1. The van der Waals surface area contributed by atoms with Crippen molar-refractivity contribution in [2.24, 2.45) is 5.73 Å². The zero-order chi connectivity index (χ0) is 29.3. The van der Waals surface area contributed by atoms with Gasteiger partial charge in [0, 0.05) is 17.8 Å². The molecule has 0 aromatic heterocycles. The zero-order valence-corrected chi connectivity index (χ0v) is 22.4. The quantitative estimate of drug-likeness (QED) is 0.118. The average molecular weight is 559 g/mol. The van der Waals surface area contributed by atoms with E-state index in [4.69, 9.17) is 20.6 Å². The third kappa shape index (κ3) is 8.27. The topological polar surface area (TPSA) is 125 Å². The number of para-hydroxylation sites is 1. The molecule has 3 aromatic carbocycles. The van der Waals surface area contributed by atoms with Crippen molar-refractivity contribution in [2.75, 3.05) is 44.6 Å². The molecule has 6 N–H and O–H groups in total. The second kappa shape index (κ2) is 13.6. The summed E-state index contributed by atoms with van der Waals surface area (Å²) in [5.74, 6) is 0.145. The van der Waals surface area contributed by atoms with Gasteiger partial charge in [0.2, 0.25) is 0 Å². The van der Waals surface area contributed by atoms with Crippen LogP contribution in [0.15, 0.2) is 66.7 Å². The second-order valence-corrected chi connectivity index (χ2v) is 9.02. The highest BCUT2D eigenvalue weighted by Crippen LogP contribution is 2.35. The lowest BCUT2D eigenvalue weighted by molar-refractivity contribution is -0.137. The molecule has 0 aliphatic heterocycles. The number of carbonyl (C=O) groups excluding carboxylic acids is 1. The number of carbonyl (C=O) groups is 1. The Morgan fingerprint density at radius 3 is 2.35 bits per heavy atom. The van der Waals surface area contributed by atoms with Crippen molar-refractivity contribution in [1.29, 1.82) is 5.41 Å². The third-order valence-corrected chi connectivity index (χ3v) is 5.72. The Hall–Kier alpha value is -4.45. The van der Waals surface area contributed by atoms with Crippen molar-refractivity contribution < 1.29 is 27.4 Å². The smallest absolute Gasteiger partial charge is 0.418 e. The Morgan fingerprint density at radius 2 is 1.73 bits per heavy atom. The van der Waals surface area contributed by atoms with Crippen molar-refractivity contribution >= 4 is 23.1 Å². The van der Waals surface area contributed by atoms with Gasteiger partial charge in [-0.25, -0.2) is 0 Å². The largest absolute Gasteiger partial charge is 0.490 e. The van der Waals surface area contributed by atoms with Crippen LogP contribution in [0.25, 0.3) is 0 Å². The highest BCUT2D eigenvalue weighted by atomic mass is 19.4. The number of hydrogen-bond donors (Lipinski definition) is 5. The van der Waals surface area contributed by atoms with E-state index >= 15 is 0 Å². The van der Waals surface area contributed by atoms with E-state index in [1.54, 1.807) is 42.5 Å². The first-order chi connectivity index (χ1) is 19.0. The van der Waals surface area contributed by atoms with E-state index in [1.165, 1.54) is 18.2 Å². The summed E-state index contributed by atoms with van der Waals surface area (Å²) in [6, 6.07) is 15.3. The molecule has 1 unspecified atom stereocenters. The summed E-state index contributed by atoms with van der Waals surface area (Å²) in [6.07, 6.45) is -4.61. The van der Waals surface area contributed by atoms with Crippen LogP contribution in [0.2, 0.25) is 0 Å². The molecule has 0 radical (unpaired) electrons. The molecule has 214 valence electrons. The number of hydrazine groups is 1. The van der Waals surface area contributed by atoms with Gasteiger partial charge in [0.1, 0.15) is 18.5 Å². The average Bonchev–Trinajstić information content (AvgIpc) is 2.91. The number of nitrogens with zero attached hydrogens (tertiary/aromatic N) is 1. The number of amides is 1. The van der Waals surface area contributed by atoms with E-state index in [9.17, 15) is 18.0 Å². The molecule has 1 amide bonds. The number of hydrogen-bond acceptors (Lipinski definition) is 7. The van der Waals surface area contributed by atoms with Gasteiger partial charge in [-0.05, 0) is 75.1 Å². The van der Waals surface area contributed by atoms with Crippen molar-refractivity contribution in [3.8, 4) is 11.5 Å². The van der Waals surface area contributed by atoms with Gasteiger partial charge >= 0.3 is 6.18 Å². The molecule has 3 rings (SSSR count). The lowest BCUT2D eigenvalue weighted by Crippen LogP contribution is -2.37. The highest BCUT2D eigenvalue weighted by Gasteiger charge is 2.33. The maximum Gasteiger partial charge on any atom is 0.418 e. The highest BCUT2D eigenvalue weighted by molar-refractivity contribution is 5.95. The van der Waals surface area contributed by atoms with Crippen LogP contribution in [0.4, 0.5) is 24.5 Å². The van der Waals surface area contributed by atoms with E-state index in [2.05, 4.69) is 16.2 Å². The standard InChI is InChI=1S/C28H33F3N6O3/c1-4-39-24-17-19(11-14-23(24)40-16-15-37(2)3)25(34-20-12-9-18(10-13-20)26(32)33)27(38)36-35-22-8-6-5-7-21(22)28(29,30)31/h5-14,17,25,34-35H,4,15-16H2,1-3H3,(H3,32,33)(H,36,38). The van der Waals surface area contributed by atoms with Gasteiger partial charge in [-0.3, -0.25) is 21.1 Å². The Morgan fingerprint density at radius 1 is 1.02 bits per heavy atom. The molecule has 12 heteroatoms. The van der Waals surface area contributed by atoms with E-state index < -0.39 is 23.7 Å². The number of nitrogen functional groups attached to an aromatic ring is 1. The van der Waals surface area contributed by atoms with Gasteiger partial charge in [-0.2, -0.15) is 13.2 Å². The van der Waals surface area contributed by atoms with Crippen LogP contribution in [0, 0.1) is 5.41 Å². The molecule has 0 spiro atoms. The van der Waals surface area contributed by atoms with Gasteiger partial charge in [-0.15, -0.1) is 0 Å². The second-order valence-electron chi connectivity index (χ2n) is 9.02. The molecule has 40 heavy (non-hydrogen) atoms. The number of nitrogens with one attached hydrogen (secondary N) is 4. The fourth-order valence-electron chi connectivity index (χ4n) is 3.68. The zero-order valence-electron chi connectivity index (χ0n) is 22.4. The van der Waals surface area contributed by atoms with Crippen molar-refractivity contribution in [2.45, 2.75) is 19.1 Å². The van der Waals surface area contributed by atoms with Gasteiger partial charge < -0.3 is 25.4 Å². The van der Waals surface area contributed by atoms with Gasteiger partial charge in [0.05, 0.1) is 17.9 Å². The molecule has 0 aliphatic rings. The molecule has 0 heterocycles. The number of likely N-dealkylation sites (N-methyl/N-ethyl adjacent to an activating group) is 1. The van der Waals surface area contributed by atoms with Gasteiger partial charge in [0.25, 0.3) is 5.91 Å². The first-order valence-corrected chi connectivity index (χ1v) is 12.5. The summed E-state index contributed by atoms with van der Waals surface area (Å²) in [5.41, 5.74) is 10.6. The van der Waals surface area contributed by atoms with E-state index in [-0.39, 0.29) is 11.5 Å². The Labute approximate surface area is 230 Å². The third-order valence-electron chi connectivity index (χ3n) is 5.72. The maximum atomic E-state index is 13.4. The molecule has 1 atom stereocenters. The molecule has 3 aromatic rings. The molecule has 0 saturated heterocycles. The first-order valence-electron chi connectivity index (χ1n) is 12.5. The summed E-state index contributed by atoms with van der Waals surface area (Å²) >= 11 is 0. The molecule has 0 bridgehead atoms. The first kappa shape index (κ1) is 30.1. The van der Waals surface area contributed by atoms with Crippen LogP contribution >= 0.6 is 0 Å². The minimum absolute atomic E-state index is 0.111. The summed E-state index contributed by atoms with van der Waals surface area (Å²) in [7, 11) is 3.85. The van der Waals surface area contributed by atoms with Crippen molar-refractivity contribution in [3.63, 3.8) is 0 Å². The Kier molecular flexibility index (Phi) is 10.2. The SMILES string of the molecule is CCOc1cc(C(Nc2ccc(C(=N)N)cc2)C(=O)NNc2ccccc2C(F)(F)F)ccc1OCCN(C)C. The van der Waals surface area contributed by atoms with E-state index in [1.807, 2.05) is 25.9 Å². The Bertz CT molecular complexity index is 1300. The van der Waals surface area contributed by atoms with Crippen molar-refractivity contribution in [1.82, 2.24) is 10.3 Å².